The van der Waals surface area contributed by atoms with E-state index in [0.717, 1.165) is 16.6 Å². The van der Waals surface area contributed by atoms with Crippen LogP contribution >= 0.6 is 11.6 Å². The summed E-state index contributed by atoms with van der Waals surface area (Å²) < 4.78 is 1.61. The van der Waals surface area contributed by atoms with E-state index in [-0.39, 0.29) is 6.61 Å². The lowest BCUT2D eigenvalue weighted by Gasteiger charge is -2.05. The average molecular weight is 261 g/mol. The first kappa shape index (κ1) is 11.1. The van der Waals surface area contributed by atoms with Crippen LogP contribution < -0.4 is 0 Å². The summed E-state index contributed by atoms with van der Waals surface area (Å²) in [6.45, 7) is -0.130. The van der Waals surface area contributed by atoms with Crippen molar-refractivity contribution in [3.63, 3.8) is 0 Å². The molecule has 5 nitrogen and oxygen atoms in total. The molecule has 0 unspecified atom stereocenters. The number of aliphatic hydroxyl groups excluding tert-OH is 1. The largest absolute Gasteiger partial charge is 0.390 e. The molecule has 0 bridgehead atoms. The second-order valence-corrected chi connectivity index (χ2v) is 4.24. The van der Waals surface area contributed by atoms with Gasteiger partial charge in [-0.3, -0.25) is 4.98 Å². The second-order valence-electron chi connectivity index (χ2n) is 3.80. The fourth-order valence-electron chi connectivity index (χ4n) is 1.79. The maximum absolute atomic E-state index is 9.00. The molecule has 1 aromatic carbocycles. The van der Waals surface area contributed by atoms with Crippen molar-refractivity contribution in [1.82, 2.24) is 20.0 Å². The molecule has 2 aromatic heterocycles. The summed E-state index contributed by atoms with van der Waals surface area (Å²) in [5.41, 5.74) is 2.17. The van der Waals surface area contributed by atoms with E-state index in [2.05, 4.69) is 15.3 Å². The number of aromatic nitrogens is 4. The third-order valence-electron chi connectivity index (χ3n) is 2.63. The van der Waals surface area contributed by atoms with Gasteiger partial charge in [-0.25, -0.2) is 4.68 Å². The zero-order valence-corrected chi connectivity index (χ0v) is 10.0. The first-order chi connectivity index (χ1) is 8.78. The maximum Gasteiger partial charge on any atom is 0.109 e. The molecule has 0 spiro atoms. The van der Waals surface area contributed by atoms with Crippen LogP contribution in [-0.4, -0.2) is 25.1 Å². The Morgan fingerprint density at radius 1 is 1.28 bits per heavy atom. The van der Waals surface area contributed by atoms with Crippen molar-refractivity contribution < 1.29 is 5.11 Å². The molecule has 0 saturated carbocycles. The lowest BCUT2D eigenvalue weighted by Crippen LogP contribution is -1.97. The summed E-state index contributed by atoms with van der Waals surface area (Å²) in [5, 5.41) is 18.4. The van der Waals surface area contributed by atoms with Gasteiger partial charge < -0.3 is 5.11 Å². The fraction of sp³-hybridized carbons (Fsp3) is 0.0833. The maximum atomic E-state index is 9.00. The number of nitrogens with zero attached hydrogens (tertiary/aromatic N) is 4. The average Bonchev–Trinajstić information content (AvgIpc) is 2.86. The number of hydrogen-bond acceptors (Lipinski definition) is 4. The zero-order valence-electron chi connectivity index (χ0n) is 9.29. The molecule has 0 aliphatic rings. The molecule has 90 valence electrons. The lowest BCUT2D eigenvalue weighted by atomic mass is 10.2. The lowest BCUT2D eigenvalue weighted by molar-refractivity contribution is 0.276. The van der Waals surface area contributed by atoms with Crippen LogP contribution in [0.3, 0.4) is 0 Å². The van der Waals surface area contributed by atoms with Crippen LogP contribution in [-0.2, 0) is 6.61 Å². The van der Waals surface area contributed by atoms with E-state index in [1.807, 2.05) is 12.1 Å². The van der Waals surface area contributed by atoms with E-state index in [4.69, 9.17) is 16.7 Å². The Balaban J connectivity index is 2.22. The zero-order chi connectivity index (χ0) is 12.5. The normalized spacial score (nSPS) is 11.0. The van der Waals surface area contributed by atoms with E-state index in [1.54, 1.807) is 29.2 Å². The predicted molar refractivity (Wildman–Crippen MR) is 67.6 cm³/mol. The van der Waals surface area contributed by atoms with Crippen molar-refractivity contribution in [2.75, 3.05) is 0 Å². The number of pyridine rings is 1. The van der Waals surface area contributed by atoms with Crippen molar-refractivity contribution >= 4 is 22.5 Å². The first-order valence-electron chi connectivity index (χ1n) is 5.34. The Kier molecular flexibility index (Phi) is 2.70. The molecule has 3 aromatic rings. The van der Waals surface area contributed by atoms with Crippen LogP contribution in [0.1, 0.15) is 5.69 Å². The summed E-state index contributed by atoms with van der Waals surface area (Å²) in [7, 11) is 0. The van der Waals surface area contributed by atoms with Gasteiger partial charge in [-0.1, -0.05) is 16.8 Å². The highest BCUT2D eigenvalue weighted by Crippen LogP contribution is 2.23. The molecule has 0 radical (unpaired) electrons. The molecule has 3 rings (SSSR count). The Hall–Kier alpha value is -1.98. The summed E-state index contributed by atoms with van der Waals surface area (Å²) in [6, 6.07) is 7.33. The molecule has 0 saturated heterocycles. The van der Waals surface area contributed by atoms with Gasteiger partial charge >= 0.3 is 0 Å². The van der Waals surface area contributed by atoms with E-state index >= 15 is 0 Å². The topological polar surface area (TPSA) is 63.8 Å². The highest BCUT2D eigenvalue weighted by molar-refractivity contribution is 6.31. The second kappa shape index (κ2) is 4.36. The Morgan fingerprint density at radius 3 is 2.94 bits per heavy atom. The van der Waals surface area contributed by atoms with Crippen molar-refractivity contribution in [3.05, 3.63) is 47.4 Å². The number of fused-ring (bicyclic) bond motifs is 1. The Bertz CT molecular complexity index is 710. The highest BCUT2D eigenvalue weighted by atomic mass is 35.5. The summed E-state index contributed by atoms with van der Waals surface area (Å²) in [5.74, 6) is 0. The molecule has 0 fully saturated rings. The highest BCUT2D eigenvalue weighted by Gasteiger charge is 2.07. The Labute approximate surface area is 108 Å². The van der Waals surface area contributed by atoms with Crippen molar-refractivity contribution in [2.45, 2.75) is 6.61 Å². The number of hydrogen-bond donors (Lipinski definition) is 1. The van der Waals surface area contributed by atoms with Gasteiger partial charge in [0.15, 0.2) is 0 Å². The van der Waals surface area contributed by atoms with E-state index in [1.165, 1.54) is 0 Å². The van der Waals surface area contributed by atoms with Crippen LogP contribution in [0.25, 0.3) is 16.6 Å². The van der Waals surface area contributed by atoms with Gasteiger partial charge in [0.2, 0.25) is 0 Å². The fourth-order valence-corrected chi connectivity index (χ4v) is 1.96. The molecule has 0 aliphatic carbocycles. The smallest absolute Gasteiger partial charge is 0.109 e. The minimum Gasteiger partial charge on any atom is -0.390 e. The van der Waals surface area contributed by atoms with Crippen molar-refractivity contribution in [1.29, 1.82) is 0 Å². The van der Waals surface area contributed by atoms with Crippen LogP contribution in [0.15, 0.2) is 36.7 Å². The molecular formula is C12H9ClN4O. The van der Waals surface area contributed by atoms with Gasteiger partial charge in [0, 0.05) is 16.6 Å². The van der Waals surface area contributed by atoms with Crippen LogP contribution in [0, 0.1) is 0 Å². The van der Waals surface area contributed by atoms with Crippen LogP contribution in [0.2, 0.25) is 5.02 Å². The molecule has 6 heteroatoms. The number of halogens is 1. The Morgan fingerprint density at radius 2 is 2.17 bits per heavy atom. The third kappa shape index (κ3) is 1.83. The van der Waals surface area contributed by atoms with Gasteiger partial charge in [0.25, 0.3) is 0 Å². The molecule has 2 heterocycles. The minimum atomic E-state index is -0.130. The number of benzene rings is 1. The summed E-state index contributed by atoms with van der Waals surface area (Å²) in [6.07, 6.45) is 3.37. The predicted octanol–water partition coefficient (Wildman–Crippen LogP) is 1.96. The third-order valence-corrected chi connectivity index (χ3v) is 2.87. The van der Waals surface area contributed by atoms with Gasteiger partial charge in [0.1, 0.15) is 5.69 Å². The molecule has 0 amide bonds. The van der Waals surface area contributed by atoms with Gasteiger partial charge in [-0.05, 0) is 24.3 Å². The summed E-state index contributed by atoms with van der Waals surface area (Å²) >= 11 is 5.94. The quantitative estimate of drug-likeness (QED) is 0.765. The van der Waals surface area contributed by atoms with Crippen LogP contribution in [0.4, 0.5) is 0 Å². The molecular weight excluding hydrogens is 252 g/mol. The van der Waals surface area contributed by atoms with Crippen molar-refractivity contribution in [2.24, 2.45) is 0 Å². The molecule has 18 heavy (non-hydrogen) atoms. The SMILES string of the molecule is OCc1cn(-c2ccnc3cc(Cl)ccc23)nn1. The van der Waals surface area contributed by atoms with E-state index in [0.29, 0.717) is 10.7 Å². The molecule has 0 aliphatic heterocycles. The van der Waals surface area contributed by atoms with Gasteiger partial charge in [-0.2, -0.15) is 0 Å². The van der Waals surface area contributed by atoms with Gasteiger partial charge in [-0.15, -0.1) is 5.10 Å². The summed E-state index contributed by atoms with van der Waals surface area (Å²) in [4.78, 5) is 4.26. The monoisotopic (exact) mass is 260 g/mol. The minimum absolute atomic E-state index is 0.130. The number of rotatable bonds is 2. The van der Waals surface area contributed by atoms with Crippen molar-refractivity contribution in [3.8, 4) is 5.69 Å². The van der Waals surface area contributed by atoms with E-state index < -0.39 is 0 Å². The molecule has 0 atom stereocenters. The standard InChI is InChI=1S/C12H9ClN4O/c13-8-1-2-10-11(5-8)14-4-3-12(10)17-6-9(7-18)15-16-17/h1-6,18H,7H2. The number of aliphatic hydroxyl groups is 1. The molecule has 1 N–H and O–H groups in total. The van der Waals surface area contributed by atoms with Crippen LogP contribution in [0.5, 0.6) is 0 Å². The first-order valence-corrected chi connectivity index (χ1v) is 5.72. The van der Waals surface area contributed by atoms with Gasteiger partial charge in [0.05, 0.1) is 24.0 Å². The van der Waals surface area contributed by atoms with E-state index in [9.17, 15) is 0 Å².